The van der Waals surface area contributed by atoms with Crippen molar-refractivity contribution in [1.29, 1.82) is 0 Å². The first-order valence-corrected chi connectivity index (χ1v) is 6.95. The third kappa shape index (κ3) is 2.06. The Labute approximate surface area is 122 Å². The molecule has 3 rings (SSSR count). The maximum absolute atomic E-state index is 11.5. The number of carboxylic acids is 1. The fourth-order valence-corrected chi connectivity index (χ4v) is 3.00. The Balaban J connectivity index is 1.95. The minimum Gasteiger partial charge on any atom is -0.476 e. The van der Waals surface area contributed by atoms with Crippen LogP contribution in [0, 0.1) is 5.41 Å². The van der Waals surface area contributed by atoms with Gasteiger partial charge in [0.15, 0.2) is 11.5 Å². The Kier molecular flexibility index (Phi) is 3.13. The fourth-order valence-electron chi connectivity index (χ4n) is 3.00. The lowest BCUT2D eigenvalue weighted by Gasteiger charge is -2.51. The van der Waals surface area contributed by atoms with E-state index in [2.05, 4.69) is 24.1 Å². The van der Waals surface area contributed by atoms with E-state index < -0.39 is 5.97 Å². The molecule has 2 atom stereocenters. The summed E-state index contributed by atoms with van der Waals surface area (Å²) < 4.78 is 7.01. The average Bonchev–Trinajstić information content (AvgIpc) is 2.81. The van der Waals surface area contributed by atoms with E-state index in [0.29, 0.717) is 11.5 Å². The second kappa shape index (κ2) is 4.73. The van der Waals surface area contributed by atoms with Gasteiger partial charge in [0.25, 0.3) is 0 Å². The second-order valence-corrected chi connectivity index (χ2v) is 6.02. The lowest BCUT2D eigenvalue weighted by atomic mass is 9.64. The molecule has 0 amide bonds. The Bertz CT molecular complexity index is 693. The standard InChI is InChI=1S/C15H19N3O3/c1-15(2)9(8-10(15)21-3)16-13-12(14(19)20)18-7-5-4-6-11(18)17-13/h4-7,9-10,16H,8H2,1-3H3,(H,19,20). The third-order valence-electron chi connectivity index (χ3n) is 4.51. The van der Waals surface area contributed by atoms with E-state index in [0.717, 1.165) is 6.42 Å². The van der Waals surface area contributed by atoms with E-state index in [1.54, 1.807) is 29.8 Å². The number of nitrogens with one attached hydrogen (secondary N) is 1. The molecule has 1 aliphatic carbocycles. The van der Waals surface area contributed by atoms with E-state index >= 15 is 0 Å². The first kappa shape index (κ1) is 13.9. The van der Waals surface area contributed by atoms with Crippen LogP contribution in [-0.2, 0) is 4.74 Å². The van der Waals surface area contributed by atoms with Crippen LogP contribution in [0.25, 0.3) is 5.65 Å². The average molecular weight is 289 g/mol. The molecule has 2 unspecified atom stereocenters. The molecule has 0 radical (unpaired) electrons. The Hall–Kier alpha value is -2.08. The van der Waals surface area contributed by atoms with Crippen molar-refractivity contribution in [2.45, 2.75) is 32.4 Å². The van der Waals surface area contributed by atoms with Crippen molar-refractivity contribution in [3.05, 3.63) is 30.1 Å². The number of ether oxygens (including phenoxy) is 1. The molecule has 6 heteroatoms. The number of imidazole rings is 1. The summed E-state index contributed by atoms with van der Waals surface area (Å²) in [6.45, 7) is 4.22. The van der Waals surface area contributed by atoms with Gasteiger partial charge in [0, 0.05) is 24.8 Å². The van der Waals surface area contributed by atoms with Gasteiger partial charge in [0.2, 0.25) is 0 Å². The van der Waals surface area contributed by atoms with Crippen molar-refractivity contribution in [2.24, 2.45) is 5.41 Å². The number of methoxy groups -OCH3 is 1. The first-order chi connectivity index (χ1) is 9.95. The van der Waals surface area contributed by atoms with Crippen molar-refractivity contribution >= 4 is 17.4 Å². The number of hydrogen-bond donors (Lipinski definition) is 2. The highest BCUT2D eigenvalue weighted by Gasteiger charge is 2.49. The van der Waals surface area contributed by atoms with Crippen LogP contribution in [0.4, 0.5) is 5.82 Å². The van der Waals surface area contributed by atoms with Gasteiger partial charge in [-0.3, -0.25) is 4.40 Å². The summed E-state index contributed by atoms with van der Waals surface area (Å²) >= 11 is 0. The zero-order chi connectivity index (χ0) is 15.2. The normalized spacial score (nSPS) is 23.8. The summed E-state index contributed by atoms with van der Waals surface area (Å²) in [6, 6.07) is 5.57. The van der Waals surface area contributed by atoms with Crippen molar-refractivity contribution in [3.63, 3.8) is 0 Å². The molecular weight excluding hydrogens is 270 g/mol. The molecule has 112 valence electrons. The van der Waals surface area contributed by atoms with Crippen LogP contribution in [0.2, 0.25) is 0 Å². The summed E-state index contributed by atoms with van der Waals surface area (Å²) in [5.41, 5.74) is 0.737. The van der Waals surface area contributed by atoms with Crippen LogP contribution in [0.3, 0.4) is 0 Å². The van der Waals surface area contributed by atoms with E-state index in [1.165, 1.54) is 0 Å². The van der Waals surface area contributed by atoms with Crippen LogP contribution >= 0.6 is 0 Å². The fraction of sp³-hybridized carbons (Fsp3) is 0.467. The number of hydrogen-bond acceptors (Lipinski definition) is 4. The molecule has 2 aromatic rings. The number of rotatable bonds is 4. The van der Waals surface area contributed by atoms with Gasteiger partial charge in [0.1, 0.15) is 5.65 Å². The number of carboxylic acid groups (broad SMARTS) is 1. The molecule has 2 aromatic heterocycles. The number of fused-ring (bicyclic) bond motifs is 1. The molecule has 21 heavy (non-hydrogen) atoms. The van der Waals surface area contributed by atoms with Crippen LogP contribution < -0.4 is 5.32 Å². The minimum absolute atomic E-state index is 0.0552. The quantitative estimate of drug-likeness (QED) is 0.903. The summed E-state index contributed by atoms with van der Waals surface area (Å²) in [7, 11) is 1.70. The predicted octanol–water partition coefficient (Wildman–Crippen LogP) is 2.26. The van der Waals surface area contributed by atoms with Gasteiger partial charge >= 0.3 is 5.97 Å². The smallest absolute Gasteiger partial charge is 0.356 e. The maximum atomic E-state index is 11.5. The Morgan fingerprint density at radius 2 is 2.29 bits per heavy atom. The van der Waals surface area contributed by atoms with Gasteiger partial charge in [-0.25, -0.2) is 9.78 Å². The van der Waals surface area contributed by atoms with Crippen molar-refractivity contribution < 1.29 is 14.6 Å². The maximum Gasteiger partial charge on any atom is 0.356 e. The summed E-state index contributed by atoms with van der Waals surface area (Å²) in [5.74, 6) is -0.571. The largest absolute Gasteiger partial charge is 0.476 e. The number of anilines is 1. The van der Waals surface area contributed by atoms with Gasteiger partial charge in [-0.05, 0) is 18.6 Å². The van der Waals surface area contributed by atoms with Crippen molar-refractivity contribution in [3.8, 4) is 0 Å². The second-order valence-electron chi connectivity index (χ2n) is 6.02. The van der Waals surface area contributed by atoms with E-state index in [4.69, 9.17) is 4.74 Å². The summed E-state index contributed by atoms with van der Waals surface area (Å²) in [6.07, 6.45) is 2.73. The van der Waals surface area contributed by atoms with Gasteiger partial charge in [0.05, 0.1) is 6.10 Å². The molecule has 0 spiro atoms. The van der Waals surface area contributed by atoms with Gasteiger partial charge in [-0.15, -0.1) is 0 Å². The topological polar surface area (TPSA) is 75.9 Å². The SMILES string of the molecule is COC1CC(Nc2nc3ccccn3c2C(=O)O)C1(C)C. The molecule has 0 aromatic carbocycles. The van der Waals surface area contributed by atoms with Gasteiger partial charge in [-0.2, -0.15) is 0 Å². The Morgan fingerprint density at radius 3 is 2.90 bits per heavy atom. The van der Waals surface area contributed by atoms with Gasteiger partial charge in [-0.1, -0.05) is 19.9 Å². The lowest BCUT2D eigenvalue weighted by Crippen LogP contribution is -2.57. The van der Waals surface area contributed by atoms with Crippen LogP contribution in [0.1, 0.15) is 30.8 Å². The Morgan fingerprint density at radius 1 is 1.52 bits per heavy atom. The monoisotopic (exact) mass is 289 g/mol. The third-order valence-corrected chi connectivity index (χ3v) is 4.51. The summed E-state index contributed by atoms with van der Waals surface area (Å²) in [5, 5.41) is 12.7. The zero-order valence-corrected chi connectivity index (χ0v) is 12.3. The number of nitrogens with zero attached hydrogens (tertiary/aromatic N) is 2. The molecule has 0 saturated heterocycles. The van der Waals surface area contributed by atoms with E-state index in [1.807, 2.05) is 6.07 Å². The van der Waals surface area contributed by atoms with Crippen LogP contribution in [0.5, 0.6) is 0 Å². The molecule has 6 nitrogen and oxygen atoms in total. The highest BCUT2D eigenvalue weighted by molar-refractivity contribution is 5.93. The van der Waals surface area contributed by atoms with Crippen molar-refractivity contribution in [2.75, 3.05) is 12.4 Å². The predicted molar refractivity (Wildman–Crippen MR) is 78.8 cm³/mol. The molecule has 0 aliphatic heterocycles. The van der Waals surface area contributed by atoms with Crippen LogP contribution in [0.15, 0.2) is 24.4 Å². The highest BCUT2D eigenvalue weighted by Crippen LogP contribution is 2.44. The molecule has 0 bridgehead atoms. The zero-order valence-electron chi connectivity index (χ0n) is 12.3. The molecular formula is C15H19N3O3. The molecule has 1 fully saturated rings. The summed E-state index contributed by atoms with van der Waals surface area (Å²) in [4.78, 5) is 15.9. The van der Waals surface area contributed by atoms with Crippen molar-refractivity contribution in [1.82, 2.24) is 9.38 Å². The van der Waals surface area contributed by atoms with E-state index in [9.17, 15) is 9.90 Å². The number of pyridine rings is 1. The lowest BCUT2D eigenvalue weighted by molar-refractivity contribution is -0.0795. The molecule has 1 saturated carbocycles. The molecule has 2 N–H and O–H groups in total. The first-order valence-electron chi connectivity index (χ1n) is 6.95. The molecule has 2 heterocycles. The minimum atomic E-state index is -0.989. The van der Waals surface area contributed by atoms with E-state index in [-0.39, 0.29) is 23.3 Å². The number of carbonyl (C=O) groups is 1. The highest BCUT2D eigenvalue weighted by atomic mass is 16.5. The van der Waals surface area contributed by atoms with Crippen LogP contribution in [-0.4, -0.2) is 39.7 Å². The number of aromatic carboxylic acids is 1. The number of aromatic nitrogens is 2. The van der Waals surface area contributed by atoms with Gasteiger partial charge < -0.3 is 15.2 Å². The molecule has 1 aliphatic rings.